The van der Waals surface area contributed by atoms with Crippen molar-refractivity contribution in [2.75, 3.05) is 19.8 Å². The van der Waals surface area contributed by atoms with Crippen LogP contribution in [0.2, 0.25) is 0 Å². The Balaban J connectivity index is 0.00000462. The quantitative estimate of drug-likeness (QED) is 0.128. The summed E-state index contributed by atoms with van der Waals surface area (Å²) in [4.78, 5) is 11.9. The first kappa shape index (κ1) is 35.5. The van der Waals surface area contributed by atoms with Crippen LogP contribution in [0, 0.1) is 5.92 Å². The maximum atomic E-state index is 11.9. The Morgan fingerprint density at radius 3 is 2.20 bits per heavy atom. The third kappa shape index (κ3) is 8.80. The van der Waals surface area contributed by atoms with Crippen molar-refractivity contribution in [3.8, 4) is 0 Å². The van der Waals surface area contributed by atoms with Gasteiger partial charge in [0, 0.05) is 6.61 Å². The smallest absolute Gasteiger partial charge is 0.547 e. The molecule has 13 atom stereocenters. The molecule has 14 nitrogen and oxygen atoms in total. The average Bonchev–Trinajstić information content (AvgIpc) is 2.95. The predicted molar refractivity (Wildman–Crippen MR) is 130 cm³/mol. The van der Waals surface area contributed by atoms with Gasteiger partial charge in [0.2, 0.25) is 0 Å². The standard InChI is InChI=1S/C26H44O14.Na/c1-12-18(28)20(30)21(31)25(36-12)40-17-11-35-8-7-14(17)38-26-22(32)23(19(29)16(10-27)39-26)37-15(24(33)34)9-13-5-3-2-4-6-13;/h12-23,25-32H,2-11H2,1H3,(H,33,34);/q;+1/p-1/t12-,14+,15-,16+,17+,18+,19-,20+,21-,22+,23-,25-,26+;/m0./s1. The number of carboxylic acids is 1. The molecule has 0 amide bonds. The second-order valence-electron chi connectivity index (χ2n) is 11.2. The summed E-state index contributed by atoms with van der Waals surface area (Å²) in [6.45, 7) is 1.13. The fourth-order valence-corrected chi connectivity index (χ4v) is 5.89. The van der Waals surface area contributed by atoms with Crippen molar-refractivity contribution in [1.29, 1.82) is 0 Å². The second-order valence-corrected chi connectivity index (χ2v) is 11.2. The van der Waals surface area contributed by atoms with E-state index in [4.69, 9.17) is 28.4 Å². The zero-order valence-corrected chi connectivity index (χ0v) is 25.6. The Labute approximate surface area is 261 Å². The molecule has 0 bridgehead atoms. The summed E-state index contributed by atoms with van der Waals surface area (Å²) in [6, 6.07) is 0. The molecule has 1 saturated carbocycles. The van der Waals surface area contributed by atoms with E-state index in [2.05, 4.69) is 0 Å². The molecule has 0 spiro atoms. The van der Waals surface area contributed by atoms with Crippen molar-refractivity contribution in [3.63, 3.8) is 0 Å². The van der Waals surface area contributed by atoms with Gasteiger partial charge in [0.1, 0.15) is 48.8 Å². The van der Waals surface area contributed by atoms with Gasteiger partial charge in [0.15, 0.2) is 12.6 Å². The van der Waals surface area contributed by atoms with Gasteiger partial charge in [-0.15, -0.1) is 0 Å². The summed E-state index contributed by atoms with van der Waals surface area (Å²) in [5.41, 5.74) is 0. The van der Waals surface area contributed by atoms with E-state index < -0.39 is 92.3 Å². The van der Waals surface area contributed by atoms with E-state index in [9.17, 15) is 40.5 Å². The van der Waals surface area contributed by atoms with E-state index in [-0.39, 0.29) is 61.5 Å². The molecule has 3 saturated heterocycles. The largest absolute Gasteiger partial charge is 1.00 e. The molecule has 0 radical (unpaired) electrons. The fraction of sp³-hybridized carbons (Fsp3) is 0.962. The average molecular weight is 603 g/mol. The molecule has 3 heterocycles. The van der Waals surface area contributed by atoms with Crippen molar-refractivity contribution >= 4 is 5.97 Å². The van der Waals surface area contributed by atoms with Gasteiger partial charge in [-0.1, -0.05) is 32.1 Å². The molecule has 0 aromatic heterocycles. The normalized spacial score (nSPS) is 43.2. The molecule has 1 aliphatic carbocycles. The molecule has 41 heavy (non-hydrogen) atoms. The number of aliphatic hydroxyl groups is 6. The Bertz CT molecular complexity index is 802. The molecule has 3 aliphatic heterocycles. The number of rotatable bonds is 10. The molecule has 4 aliphatic rings. The zero-order valence-electron chi connectivity index (χ0n) is 23.6. The van der Waals surface area contributed by atoms with Gasteiger partial charge in [0.25, 0.3) is 0 Å². The maximum absolute atomic E-state index is 11.9. The van der Waals surface area contributed by atoms with E-state index >= 15 is 0 Å². The first-order valence-corrected chi connectivity index (χ1v) is 14.2. The third-order valence-corrected chi connectivity index (χ3v) is 8.35. The van der Waals surface area contributed by atoms with Crippen LogP contribution in [0.3, 0.4) is 0 Å². The number of carboxylic acid groups (broad SMARTS) is 1. The van der Waals surface area contributed by atoms with Crippen molar-refractivity contribution in [2.45, 2.75) is 132 Å². The Morgan fingerprint density at radius 2 is 1.54 bits per heavy atom. The van der Waals surface area contributed by atoms with E-state index in [0.717, 1.165) is 32.1 Å². The van der Waals surface area contributed by atoms with E-state index in [1.165, 1.54) is 6.92 Å². The zero-order chi connectivity index (χ0) is 29.0. The third-order valence-electron chi connectivity index (χ3n) is 8.35. The van der Waals surface area contributed by atoms with Crippen LogP contribution < -0.4 is 34.7 Å². The number of aliphatic carboxylic acids is 1. The first-order chi connectivity index (χ1) is 19.1. The van der Waals surface area contributed by atoms with Crippen molar-refractivity contribution in [2.24, 2.45) is 5.92 Å². The monoisotopic (exact) mass is 602 g/mol. The van der Waals surface area contributed by atoms with Crippen LogP contribution in [0.25, 0.3) is 0 Å². The summed E-state index contributed by atoms with van der Waals surface area (Å²) in [5, 5.41) is 74.0. The minimum absolute atomic E-state index is 0. The molecule has 0 aromatic rings. The summed E-state index contributed by atoms with van der Waals surface area (Å²) in [6.07, 6.45) is -11.6. The Hall–Kier alpha value is -0.0100. The van der Waals surface area contributed by atoms with Gasteiger partial charge in [0.05, 0.1) is 37.5 Å². The predicted octanol–water partition coefficient (Wildman–Crippen LogP) is -6.08. The number of aliphatic hydroxyl groups excluding tert-OH is 6. The molecule has 6 N–H and O–H groups in total. The number of hydrogen-bond donors (Lipinski definition) is 6. The summed E-state index contributed by atoms with van der Waals surface area (Å²) < 4.78 is 34.2. The van der Waals surface area contributed by atoms with Crippen LogP contribution in [-0.2, 0) is 33.2 Å². The maximum Gasteiger partial charge on any atom is 1.00 e. The van der Waals surface area contributed by atoms with E-state index in [1.807, 2.05) is 0 Å². The van der Waals surface area contributed by atoms with E-state index in [0.29, 0.717) is 0 Å². The number of ether oxygens (including phenoxy) is 6. The molecular weight excluding hydrogens is 559 g/mol. The molecule has 15 heteroatoms. The van der Waals surface area contributed by atoms with Crippen LogP contribution in [0.15, 0.2) is 0 Å². The van der Waals surface area contributed by atoms with Crippen LogP contribution in [0.4, 0.5) is 0 Å². The SMILES string of the molecule is C[C@@H]1O[C@@H](O[C@@H]2COCC[C@H]2O[C@@H]2O[C@H](CO)[C@H](O)[C@H](O[C@@H](CC3CCCCC3)C(=O)[O-])[C@H]2O)[C@@H](O)[C@H](O)[C@@H]1O.[Na+]. The molecule has 0 unspecified atom stereocenters. The number of carbonyl (C=O) groups is 1. The fourth-order valence-electron chi connectivity index (χ4n) is 5.89. The van der Waals surface area contributed by atoms with Crippen LogP contribution in [0.1, 0.15) is 51.9 Å². The minimum atomic E-state index is -1.64. The minimum Gasteiger partial charge on any atom is -0.547 e. The van der Waals surface area contributed by atoms with Crippen LogP contribution in [-0.4, -0.2) is 136 Å². The van der Waals surface area contributed by atoms with Crippen LogP contribution in [0.5, 0.6) is 0 Å². The van der Waals surface area contributed by atoms with Crippen molar-refractivity contribution < 1.29 is 98.5 Å². The summed E-state index contributed by atoms with van der Waals surface area (Å²) in [5.74, 6) is -1.34. The molecule has 232 valence electrons. The van der Waals surface area contributed by atoms with Gasteiger partial charge >= 0.3 is 29.6 Å². The van der Waals surface area contributed by atoms with Gasteiger partial charge in [-0.25, -0.2) is 0 Å². The first-order valence-electron chi connectivity index (χ1n) is 14.2. The van der Waals surface area contributed by atoms with E-state index in [1.54, 1.807) is 0 Å². The van der Waals surface area contributed by atoms with Gasteiger partial charge < -0.3 is 69.0 Å². The van der Waals surface area contributed by atoms with Crippen LogP contribution >= 0.6 is 0 Å². The van der Waals surface area contributed by atoms with Gasteiger partial charge in [-0.2, -0.15) is 0 Å². The van der Waals surface area contributed by atoms with Crippen molar-refractivity contribution in [1.82, 2.24) is 0 Å². The second kappa shape index (κ2) is 16.3. The Kier molecular flexibility index (Phi) is 14.1. The summed E-state index contributed by atoms with van der Waals surface area (Å²) >= 11 is 0. The summed E-state index contributed by atoms with van der Waals surface area (Å²) in [7, 11) is 0. The van der Waals surface area contributed by atoms with Gasteiger partial charge in [-0.3, -0.25) is 0 Å². The van der Waals surface area contributed by atoms with Crippen molar-refractivity contribution in [3.05, 3.63) is 0 Å². The Morgan fingerprint density at radius 1 is 0.878 bits per heavy atom. The molecule has 4 rings (SSSR count). The number of carbonyl (C=O) groups excluding carboxylic acids is 1. The van der Waals surface area contributed by atoms with Gasteiger partial charge in [-0.05, 0) is 25.7 Å². The topological polar surface area (TPSA) is 217 Å². The number of hydrogen-bond acceptors (Lipinski definition) is 14. The molecule has 4 fully saturated rings. The molecular formula is C26H43NaO14. The molecule has 0 aromatic carbocycles.